The van der Waals surface area contributed by atoms with Crippen molar-refractivity contribution < 1.29 is 9.59 Å². The lowest BCUT2D eigenvalue weighted by atomic mass is 10.1. The number of benzene rings is 2. The molecular formula is C24H23N3O2S. The first-order valence-corrected chi connectivity index (χ1v) is 11.2. The summed E-state index contributed by atoms with van der Waals surface area (Å²) in [5.74, 6) is 0.420. The fourth-order valence-corrected chi connectivity index (χ4v) is 4.80. The number of aromatic nitrogens is 1. The predicted octanol–water partition coefficient (Wildman–Crippen LogP) is 4.68. The van der Waals surface area contributed by atoms with Crippen molar-refractivity contribution in [3.8, 4) is 11.3 Å². The van der Waals surface area contributed by atoms with Gasteiger partial charge in [-0.2, -0.15) is 0 Å². The van der Waals surface area contributed by atoms with Crippen molar-refractivity contribution in [1.29, 1.82) is 0 Å². The van der Waals surface area contributed by atoms with Crippen LogP contribution >= 0.6 is 11.3 Å². The summed E-state index contributed by atoms with van der Waals surface area (Å²) < 4.78 is 0. The molecule has 30 heavy (non-hydrogen) atoms. The van der Waals surface area contributed by atoms with E-state index in [1.54, 1.807) is 0 Å². The molecule has 1 aliphatic carbocycles. The van der Waals surface area contributed by atoms with Crippen LogP contribution in [-0.2, 0) is 22.4 Å². The SMILES string of the molecule is CC1Cc2cc(-c3csc(NC(=O)Cc4ccccc4)n3)ccc2N1C(=O)C1CC1. The monoisotopic (exact) mass is 417 g/mol. The van der Waals surface area contributed by atoms with Crippen LogP contribution < -0.4 is 10.2 Å². The Labute approximate surface area is 179 Å². The highest BCUT2D eigenvalue weighted by Crippen LogP contribution is 2.40. The quantitative estimate of drug-likeness (QED) is 0.656. The molecule has 2 heterocycles. The molecule has 0 spiro atoms. The minimum absolute atomic E-state index is 0.0703. The lowest BCUT2D eigenvalue weighted by molar-refractivity contribution is -0.120. The lowest BCUT2D eigenvalue weighted by Gasteiger charge is -2.22. The third-order valence-corrected chi connectivity index (χ3v) is 6.47. The molecule has 3 aromatic rings. The smallest absolute Gasteiger partial charge is 0.230 e. The van der Waals surface area contributed by atoms with E-state index >= 15 is 0 Å². The molecule has 5 nitrogen and oxygen atoms in total. The highest BCUT2D eigenvalue weighted by molar-refractivity contribution is 7.14. The summed E-state index contributed by atoms with van der Waals surface area (Å²) >= 11 is 1.43. The largest absolute Gasteiger partial charge is 0.309 e. The van der Waals surface area contributed by atoms with Crippen LogP contribution in [-0.4, -0.2) is 22.8 Å². The van der Waals surface area contributed by atoms with E-state index in [-0.39, 0.29) is 23.8 Å². The first-order chi connectivity index (χ1) is 14.6. The maximum Gasteiger partial charge on any atom is 0.230 e. The van der Waals surface area contributed by atoms with E-state index in [0.29, 0.717) is 11.6 Å². The zero-order chi connectivity index (χ0) is 20.7. The lowest BCUT2D eigenvalue weighted by Crippen LogP contribution is -2.36. The molecule has 0 bridgehead atoms. The van der Waals surface area contributed by atoms with Gasteiger partial charge in [0.2, 0.25) is 11.8 Å². The van der Waals surface area contributed by atoms with Crippen LogP contribution in [0, 0.1) is 5.92 Å². The number of amides is 2. The van der Waals surface area contributed by atoms with Crippen molar-refractivity contribution in [1.82, 2.24) is 4.98 Å². The Morgan fingerprint density at radius 2 is 1.97 bits per heavy atom. The summed E-state index contributed by atoms with van der Waals surface area (Å²) in [6.07, 6.45) is 3.24. The molecule has 1 aliphatic heterocycles. The Morgan fingerprint density at radius 1 is 1.17 bits per heavy atom. The summed E-state index contributed by atoms with van der Waals surface area (Å²) in [6.45, 7) is 2.11. The number of anilines is 2. The van der Waals surface area contributed by atoms with Gasteiger partial charge in [0.25, 0.3) is 0 Å². The molecule has 2 amide bonds. The molecule has 0 saturated heterocycles. The van der Waals surface area contributed by atoms with E-state index in [2.05, 4.69) is 23.3 Å². The molecule has 152 valence electrons. The number of fused-ring (bicyclic) bond motifs is 1. The average Bonchev–Trinajstić information content (AvgIpc) is 3.40. The number of carbonyl (C=O) groups excluding carboxylic acids is 2. The van der Waals surface area contributed by atoms with Crippen molar-refractivity contribution in [2.24, 2.45) is 5.92 Å². The molecule has 2 aliphatic rings. The Kier molecular flexibility index (Phi) is 4.87. The number of carbonyl (C=O) groups is 2. The molecule has 1 saturated carbocycles. The standard InChI is InChI=1S/C24H23N3O2S/c1-15-11-19-13-18(9-10-21(19)27(15)23(29)17-7-8-17)20-14-30-24(25-20)26-22(28)12-16-5-3-2-4-6-16/h2-6,9-10,13-15,17H,7-8,11-12H2,1H3,(H,25,26,28). The number of nitrogens with zero attached hydrogens (tertiary/aromatic N) is 2. The van der Waals surface area contributed by atoms with Gasteiger partial charge in [0.1, 0.15) is 0 Å². The van der Waals surface area contributed by atoms with Crippen LogP contribution in [0.25, 0.3) is 11.3 Å². The van der Waals surface area contributed by atoms with Gasteiger partial charge in [-0.1, -0.05) is 36.4 Å². The molecule has 1 unspecified atom stereocenters. The van der Waals surface area contributed by atoms with Gasteiger partial charge in [0.05, 0.1) is 12.1 Å². The van der Waals surface area contributed by atoms with Crippen LogP contribution in [0.4, 0.5) is 10.8 Å². The first-order valence-electron chi connectivity index (χ1n) is 10.3. The summed E-state index contributed by atoms with van der Waals surface area (Å²) in [5.41, 5.74) is 5.06. The second-order valence-corrected chi connectivity index (χ2v) is 8.99. The molecule has 1 aromatic heterocycles. The van der Waals surface area contributed by atoms with Gasteiger partial charge in [-0.15, -0.1) is 11.3 Å². The Bertz CT molecular complexity index is 1100. The molecule has 0 radical (unpaired) electrons. The first kappa shape index (κ1) is 19.0. The van der Waals surface area contributed by atoms with Crippen LogP contribution in [0.2, 0.25) is 0 Å². The minimum Gasteiger partial charge on any atom is -0.309 e. The van der Waals surface area contributed by atoms with Gasteiger partial charge in [-0.05, 0) is 49.4 Å². The van der Waals surface area contributed by atoms with Crippen molar-refractivity contribution in [2.45, 2.75) is 38.6 Å². The van der Waals surface area contributed by atoms with Gasteiger partial charge >= 0.3 is 0 Å². The molecular weight excluding hydrogens is 394 g/mol. The van der Waals surface area contributed by atoms with Gasteiger partial charge < -0.3 is 10.2 Å². The Morgan fingerprint density at radius 3 is 2.73 bits per heavy atom. The molecule has 1 fully saturated rings. The number of rotatable bonds is 5. The summed E-state index contributed by atoms with van der Waals surface area (Å²) in [4.78, 5) is 31.5. The second-order valence-electron chi connectivity index (χ2n) is 8.13. The van der Waals surface area contributed by atoms with Crippen LogP contribution in [0.15, 0.2) is 53.9 Å². The molecule has 1 N–H and O–H groups in total. The van der Waals surface area contributed by atoms with E-state index in [0.717, 1.165) is 41.8 Å². The normalized spacial score (nSPS) is 17.6. The number of nitrogens with one attached hydrogen (secondary N) is 1. The second kappa shape index (κ2) is 7.69. The zero-order valence-corrected chi connectivity index (χ0v) is 17.6. The zero-order valence-electron chi connectivity index (χ0n) is 16.8. The third kappa shape index (κ3) is 3.75. The van der Waals surface area contributed by atoms with Crippen molar-refractivity contribution >= 4 is 34.0 Å². The van der Waals surface area contributed by atoms with Crippen LogP contribution in [0.3, 0.4) is 0 Å². The van der Waals surface area contributed by atoms with Crippen molar-refractivity contribution in [2.75, 3.05) is 10.2 Å². The molecule has 6 heteroatoms. The van der Waals surface area contributed by atoms with E-state index in [9.17, 15) is 9.59 Å². The average molecular weight is 418 g/mol. The molecule has 1 atom stereocenters. The molecule has 5 rings (SSSR count). The molecule has 2 aromatic carbocycles. The summed E-state index contributed by atoms with van der Waals surface area (Å²) in [7, 11) is 0. The fourth-order valence-electron chi connectivity index (χ4n) is 4.06. The van der Waals surface area contributed by atoms with E-state index in [1.165, 1.54) is 16.9 Å². The Balaban J connectivity index is 1.30. The van der Waals surface area contributed by atoms with Crippen molar-refractivity contribution in [3.63, 3.8) is 0 Å². The highest BCUT2D eigenvalue weighted by Gasteiger charge is 2.39. The van der Waals surface area contributed by atoms with Crippen molar-refractivity contribution in [3.05, 3.63) is 65.0 Å². The van der Waals surface area contributed by atoms with Gasteiger partial charge in [-0.3, -0.25) is 9.59 Å². The fraction of sp³-hybridized carbons (Fsp3) is 0.292. The Hall–Kier alpha value is -2.99. The van der Waals surface area contributed by atoms with E-state index < -0.39 is 0 Å². The summed E-state index contributed by atoms with van der Waals surface area (Å²) in [6, 6.07) is 16.1. The van der Waals surface area contributed by atoms with Gasteiger partial charge in [-0.25, -0.2) is 4.98 Å². The number of thiazole rings is 1. The van der Waals surface area contributed by atoms with Gasteiger partial charge in [0, 0.05) is 28.6 Å². The van der Waals surface area contributed by atoms with Gasteiger partial charge in [0.15, 0.2) is 5.13 Å². The predicted molar refractivity (Wildman–Crippen MR) is 120 cm³/mol. The van der Waals surface area contributed by atoms with Crippen LogP contribution in [0.1, 0.15) is 30.9 Å². The van der Waals surface area contributed by atoms with E-state index in [4.69, 9.17) is 0 Å². The minimum atomic E-state index is -0.0703. The number of hydrogen-bond donors (Lipinski definition) is 1. The third-order valence-electron chi connectivity index (χ3n) is 5.71. The van der Waals surface area contributed by atoms with E-state index in [1.807, 2.05) is 52.7 Å². The maximum absolute atomic E-state index is 12.6. The summed E-state index contributed by atoms with van der Waals surface area (Å²) in [5, 5.41) is 5.46. The maximum atomic E-state index is 12.6. The topological polar surface area (TPSA) is 62.3 Å². The highest BCUT2D eigenvalue weighted by atomic mass is 32.1. The van der Waals surface area contributed by atoms with Crippen LogP contribution in [0.5, 0.6) is 0 Å². The number of hydrogen-bond acceptors (Lipinski definition) is 4.